The van der Waals surface area contributed by atoms with Crippen LogP contribution in [0.2, 0.25) is 0 Å². The van der Waals surface area contributed by atoms with Crippen LogP contribution in [0.5, 0.6) is 11.5 Å². The molecule has 0 atom stereocenters. The second-order valence-corrected chi connectivity index (χ2v) is 5.63. The Hall–Kier alpha value is -2.34. The zero-order chi connectivity index (χ0) is 15.5. The van der Waals surface area contributed by atoms with Crippen molar-refractivity contribution in [3.8, 4) is 11.5 Å². The number of hydrogen-bond acceptors (Lipinski definition) is 4. The molecule has 5 nitrogen and oxygen atoms in total. The highest BCUT2D eigenvalue weighted by Gasteiger charge is 2.14. The van der Waals surface area contributed by atoms with Crippen LogP contribution in [0.15, 0.2) is 52.0 Å². The number of benzene rings is 2. The lowest BCUT2D eigenvalue weighted by molar-refractivity contribution is 0.0955. The summed E-state index contributed by atoms with van der Waals surface area (Å²) in [6.07, 6.45) is 0. The van der Waals surface area contributed by atoms with Gasteiger partial charge in [-0.1, -0.05) is 15.9 Å². The van der Waals surface area contributed by atoms with Crippen LogP contribution in [0.4, 0.5) is 0 Å². The summed E-state index contributed by atoms with van der Waals surface area (Å²) < 4.78 is 11.5. The number of hydrazone groups is 1. The number of hydrogen-bond donors (Lipinski definition) is 1. The van der Waals surface area contributed by atoms with Gasteiger partial charge in [-0.25, -0.2) is 5.43 Å². The predicted octanol–water partition coefficient (Wildman–Crippen LogP) is 3.33. The second-order valence-electron chi connectivity index (χ2n) is 4.71. The number of rotatable bonds is 3. The Labute approximate surface area is 136 Å². The molecule has 0 saturated carbocycles. The lowest BCUT2D eigenvalue weighted by Gasteiger charge is -2.04. The summed E-state index contributed by atoms with van der Waals surface area (Å²) in [4.78, 5) is 12.0. The predicted molar refractivity (Wildman–Crippen MR) is 86.4 cm³/mol. The highest BCUT2D eigenvalue weighted by molar-refractivity contribution is 9.10. The molecule has 0 spiro atoms. The summed E-state index contributed by atoms with van der Waals surface area (Å²) in [6, 6.07) is 12.6. The molecule has 0 saturated heterocycles. The van der Waals surface area contributed by atoms with Gasteiger partial charge in [-0.2, -0.15) is 5.10 Å². The fourth-order valence-electron chi connectivity index (χ4n) is 1.99. The number of carbonyl (C=O) groups excluding carboxylic acids is 1. The molecule has 6 heteroatoms. The Morgan fingerprint density at radius 3 is 2.55 bits per heavy atom. The number of nitrogens with one attached hydrogen (secondary N) is 1. The van der Waals surface area contributed by atoms with E-state index in [1.54, 1.807) is 12.1 Å². The average molecular weight is 361 g/mol. The van der Waals surface area contributed by atoms with E-state index < -0.39 is 0 Å². The minimum absolute atomic E-state index is 0.231. The molecule has 0 bridgehead atoms. The van der Waals surface area contributed by atoms with Gasteiger partial charge >= 0.3 is 0 Å². The van der Waals surface area contributed by atoms with E-state index in [2.05, 4.69) is 26.5 Å². The summed E-state index contributed by atoms with van der Waals surface area (Å²) in [5, 5.41) is 4.13. The normalized spacial score (nSPS) is 13.1. The Balaban J connectivity index is 1.72. The number of amides is 1. The Morgan fingerprint density at radius 1 is 1.09 bits per heavy atom. The van der Waals surface area contributed by atoms with Crippen LogP contribution in [-0.2, 0) is 0 Å². The molecule has 0 radical (unpaired) electrons. The van der Waals surface area contributed by atoms with Gasteiger partial charge in [0.2, 0.25) is 6.79 Å². The number of fused-ring (bicyclic) bond motifs is 1. The maximum atomic E-state index is 12.0. The van der Waals surface area contributed by atoms with E-state index in [1.807, 2.05) is 37.3 Å². The van der Waals surface area contributed by atoms with E-state index in [0.717, 1.165) is 15.8 Å². The third-order valence-electron chi connectivity index (χ3n) is 3.22. The van der Waals surface area contributed by atoms with Crippen molar-refractivity contribution in [1.29, 1.82) is 0 Å². The first kappa shape index (κ1) is 14.6. The first-order valence-corrected chi connectivity index (χ1v) is 7.43. The van der Waals surface area contributed by atoms with E-state index in [9.17, 15) is 4.79 Å². The van der Waals surface area contributed by atoms with Gasteiger partial charge in [0.05, 0.1) is 5.71 Å². The quantitative estimate of drug-likeness (QED) is 0.674. The summed E-state index contributed by atoms with van der Waals surface area (Å²) in [7, 11) is 0. The zero-order valence-corrected chi connectivity index (χ0v) is 13.4. The minimum atomic E-state index is -0.257. The highest BCUT2D eigenvalue weighted by atomic mass is 79.9. The van der Waals surface area contributed by atoms with Gasteiger partial charge in [0, 0.05) is 15.6 Å². The van der Waals surface area contributed by atoms with E-state index >= 15 is 0 Å². The van der Waals surface area contributed by atoms with Crippen LogP contribution < -0.4 is 14.9 Å². The molecule has 1 N–H and O–H groups in total. The maximum Gasteiger partial charge on any atom is 0.271 e. The SMILES string of the molecule is C/C(=N\NC(=O)c1ccc(Br)cc1)c1ccc2c(c1)OCO2. The first-order valence-electron chi connectivity index (χ1n) is 6.64. The number of nitrogens with zero attached hydrogens (tertiary/aromatic N) is 1. The van der Waals surface area contributed by atoms with Gasteiger partial charge in [0.1, 0.15) is 0 Å². The summed E-state index contributed by atoms with van der Waals surface area (Å²) in [5.74, 6) is 1.15. The Morgan fingerprint density at radius 2 is 1.77 bits per heavy atom. The lowest BCUT2D eigenvalue weighted by atomic mass is 10.1. The minimum Gasteiger partial charge on any atom is -0.454 e. The fraction of sp³-hybridized carbons (Fsp3) is 0.125. The molecular weight excluding hydrogens is 348 g/mol. The fourth-order valence-corrected chi connectivity index (χ4v) is 2.25. The largest absolute Gasteiger partial charge is 0.454 e. The molecule has 2 aromatic rings. The smallest absolute Gasteiger partial charge is 0.271 e. The van der Waals surface area contributed by atoms with Crippen molar-refractivity contribution in [1.82, 2.24) is 5.43 Å². The van der Waals surface area contributed by atoms with E-state index in [0.29, 0.717) is 17.0 Å². The van der Waals surface area contributed by atoms with Gasteiger partial charge in [-0.05, 0) is 49.4 Å². The van der Waals surface area contributed by atoms with Crippen LogP contribution in [0, 0.1) is 0 Å². The van der Waals surface area contributed by atoms with Gasteiger partial charge in [-0.3, -0.25) is 4.79 Å². The average Bonchev–Trinajstić information content (AvgIpc) is 3.00. The van der Waals surface area contributed by atoms with E-state index in [1.165, 1.54) is 0 Å². The van der Waals surface area contributed by atoms with E-state index in [4.69, 9.17) is 9.47 Å². The molecule has 3 rings (SSSR count). The Bertz CT molecular complexity index is 742. The van der Waals surface area contributed by atoms with Crippen molar-refractivity contribution >= 4 is 27.5 Å². The molecule has 0 fully saturated rings. The summed E-state index contributed by atoms with van der Waals surface area (Å²) in [6.45, 7) is 2.05. The third kappa shape index (κ3) is 3.12. The van der Waals surface area contributed by atoms with Crippen molar-refractivity contribution in [3.05, 3.63) is 58.1 Å². The lowest BCUT2D eigenvalue weighted by Crippen LogP contribution is -2.19. The monoisotopic (exact) mass is 360 g/mol. The second kappa shape index (κ2) is 6.19. The molecular formula is C16H13BrN2O3. The Kier molecular flexibility index (Phi) is 4.11. The number of halogens is 1. The van der Waals surface area contributed by atoms with Crippen LogP contribution in [0.25, 0.3) is 0 Å². The molecule has 0 aromatic heterocycles. The maximum absolute atomic E-state index is 12.0. The van der Waals surface area contributed by atoms with Crippen LogP contribution in [0.3, 0.4) is 0 Å². The van der Waals surface area contributed by atoms with Crippen molar-refractivity contribution in [3.63, 3.8) is 0 Å². The summed E-state index contributed by atoms with van der Waals surface area (Å²) >= 11 is 3.33. The van der Waals surface area contributed by atoms with Crippen molar-refractivity contribution in [2.24, 2.45) is 5.10 Å². The van der Waals surface area contributed by atoms with Gasteiger partial charge in [0.15, 0.2) is 11.5 Å². The topological polar surface area (TPSA) is 59.9 Å². The van der Waals surface area contributed by atoms with Crippen molar-refractivity contribution in [2.75, 3.05) is 6.79 Å². The third-order valence-corrected chi connectivity index (χ3v) is 3.75. The molecule has 0 aliphatic carbocycles. The molecule has 1 heterocycles. The molecule has 0 unspecified atom stereocenters. The van der Waals surface area contributed by atoms with Crippen molar-refractivity contribution < 1.29 is 14.3 Å². The molecule has 112 valence electrons. The number of carbonyl (C=O) groups is 1. The van der Waals surface area contributed by atoms with E-state index in [-0.39, 0.29) is 12.7 Å². The van der Waals surface area contributed by atoms with Crippen LogP contribution in [-0.4, -0.2) is 18.4 Å². The summed E-state index contributed by atoms with van der Waals surface area (Å²) in [5.41, 5.74) is 4.64. The first-order chi connectivity index (χ1) is 10.6. The van der Waals surface area contributed by atoms with Crippen molar-refractivity contribution in [2.45, 2.75) is 6.92 Å². The van der Waals surface area contributed by atoms with Gasteiger partial charge < -0.3 is 9.47 Å². The molecule has 2 aromatic carbocycles. The van der Waals surface area contributed by atoms with Gasteiger partial charge in [0.25, 0.3) is 5.91 Å². The van der Waals surface area contributed by atoms with Crippen LogP contribution in [0.1, 0.15) is 22.8 Å². The zero-order valence-electron chi connectivity index (χ0n) is 11.8. The highest BCUT2D eigenvalue weighted by Crippen LogP contribution is 2.32. The number of ether oxygens (including phenoxy) is 2. The molecule has 1 amide bonds. The van der Waals surface area contributed by atoms with Gasteiger partial charge in [-0.15, -0.1) is 0 Å². The molecule has 1 aliphatic heterocycles. The standard InChI is InChI=1S/C16H13BrN2O3/c1-10(12-4-7-14-15(8-12)22-9-21-14)18-19-16(20)11-2-5-13(17)6-3-11/h2-8H,9H2,1H3,(H,19,20)/b18-10+. The molecule has 1 aliphatic rings. The van der Waals surface area contributed by atoms with Crippen LogP contribution >= 0.6 is 15.9 Å². The molecule has 22 heavy (non-hydrogen) atoms.